The maximum absolute atomic E-state index is 13.1. The van der Waals surface area contributed by atoms with Crippen LogP contribution in [0.1, 0.15) is 36.5 Å². The van der Waals surface area contributed by atoms with E-state index in [9.17, 15) is 9.59 Å². The molecule has 136 valence electrons. The van der Waals surface area contributed by atoms with Crippen molar-refractivity contribution in [3.63, 3.8) is 0 Å². The molecular formula is C19H23N5O2. The molecule has 5 rings (SSSR count). The summed E-state index contributed by atoms with van der Waals surface area (Å²) in [5, 5.41) is 7.62. The van der Waals surface area contributed by atoms with Crippen LogP contribution < -0.4 is 0 Å². The number of fused-ring (bicyclic) bond motifs is 4. The van der Waals surface area contributed by atoms with Crippen molar-refractivity contribution in [3.8, 4) is 5.69 Å². The molecule has 7 nitrogen and oxygen atoms in total. The zero-order valence-corrected chi connectivity index (χ0v) is 14.9. The summed E-state index contributed by atoms with van der Waals surface area (Å²) in [5.74, 6) is 0.143. The molecule has 2 amide bonds. The minimum atomic E-state index is -0.0646. The fourth-order valence-corrected chi connectivity index (χ4v) is 4.06. The van der Waals surface area contributed by atoms with E-state index in [4.69, 9.17) is 0 Å². The Hall–Kier alpha value is -2.70. The first kappa shape index (κ1) is 16.8. The molecule has 2 bridgehead atoms. The maximum atomic E-state index is 13.1. The summed E-state index contributed by atoms with van der Waals surface area (Å²) in [6.45, 7) is 4.01. The number of piperidine rings is 1. The van der Waals surface area contributed by atoms with Crippen LogP contribution in [0, 0.1) is 5.92 Å². The van der Waals surface area contributed by atoms with Gasteiger partial charge in [0.1, 0.15) is 12.7 Å². The van der Waals surface area contributed by atoms with E-state index in [0.29, 0.717) is 18.7 Å². The molecule has 0 aliphatic carbocycles. The number of amides is 2. The van der Waals surface area contributed by atoms with Gasteiger partial charge in [-0.25, -0.2) is 0 Å². The first-order valence-electron chi connectivity index (χ1n) is 9.22. The first-order chi connectivity index (χ1) is 12.7. The molecule has 1 aromatic carbocycles. The Kier molecular flexibility index (Phi) is 4.44. The number of benzene rings is 1. The Morgan fingerprint density at radius 3 is 2.77 bits per heavy atom. The molecule has 0 spiro atoms. The minimum absolute atomic E-state index is 0.0111. The van der Waals surface area contributed by atoms with E-state index in [-0.39, 0.29) is 23.8 Å². The van der Waals surface area contributed by atoms with Gasteiger partial charge in [-0.05, 0) is 37.5 Å². The second kappa shape index (κ2) is 6.90. The lowest BCUT2D eigenvalue weighted by atomic mass is 9.94. The van der Waals surface area contributed by atoms with Crippen LogP contribution in [0.3, 0.4) is 0 Å². The molecule has 4 heterocycles. The van der Waals surface area contributed by atoms with Crippen molar-refractivity contribution in [3.05, 3.63) is 42.5 Å². The van der Waals surface area contributed by atoms with E-state index in [2.05, 4.69) is 17.1 Å². The van der Waals surface area contributed by atoms with E-state index in [1.54, 1.807) is 17.2 Å². The van der Waals surface area contributed by atoms with Crippen molar-refractivity contribution in [2.45, 2.75) is 32.2 Å². The predicted molar refractivity (Wildman–Crippen MR) is 95.8 cm³/mol. The Labute approximate surface area is 152 Å². The van der Waals surface area contributed by atoms with E-state index in [1.165, 1.54) is 0 Å². The number of carbonyl (C=O) groups is 2. The maximum Gasteiger partial charge on any atom is 0.254 e. The third-order valence-electron chi connectivity index (χ3n) is 5.36. The van der Waals surface area contributed by atoms with Crippen LogP contribution in [0.2, 0.25) is 0 Å². The topological polar surface area (TPSA) is 71.3 Å². The Bertz CT molecular complexity index is 804. The second-order valence-electron chi connectivity index (χ2n) is 7.09. The normalized spacial score (nSPS) is 22.6. The summed E-state index contributed by atoms with van der Waals surface area (Å²) in [6, 6.07) is 7.60. The molecule has 2 atom stereocenters. The van der Waals surface area contributed by atoms with E-state index in [1.807, 2.05) is 34.1 Å². The van der Waals surface area contributed by atoms with Gasteiger partial charge in [0.2, 0.25) is 5.91 Å². The van der Waals surface area contributed by atoms with Gasteiger partial charge in [0.05, 0.1) is 5.92 Å². The van der Waals surface area contributed by atoms with Crippen LogP contribution in [-0.2, 0) is 4.79 Å². The van der Waals surface area contributed by atoms with E-state index in [0.717, 1.165) is 31.5 Å². The van der Waals surface area contributed by atoms with Crippen molar-refractivity contribution in [2.75, 3.05) is 19.6 Å². The van der Waals surface area contributed by atoms with Gasteiger partial charge in [-0.3, -0.25) is 14.2 Å². The number of hydrogen-bond acceptors (Lipinski definition) is 4. The first-order valence-corrected chi connectivity index (χ1v) is 9.22. The van der Waals surface area contributed by atoms with Crippen molar-refractivity contribution in [2.24, 2.45) is 5.92 Å². The Morgan fingerprint density at radius 2 is 2.00 bits per heavy atom. The van der Waals surface area contributed by atoms with Crippen molar-refractivity contribution < 1.29 is 9.59 Å². The van der Waals surface area contributed by atoms with Crippen molar-refractivity contribution in [1.82, 2.24) is 24.6 Å². The fraction of sp³-hybridized carbons (Fsp3) is 0.474. The summed E-state index contributed by atoms with van der Waals surface area (Å²) in [4.78, 5) is 29.7. The van der Waals surface area contributed by atoms with Gasteiger partial charge >= 0.3 is 0 Å². The highest BCUT2D eigenvalue weighted by Gasteiger charge is 2.41. The molecule has 3 aliphatic rings. The molecule has 0 unspecified atom stereocenters. The third kappa shape index (κ3) is 2.98. The molecule has 3 aliphatic heterocycles. The van der Waals surface area contributed by atoms with Crippen LogP contribution in [0.5, 0.6) is 0 Å². The lowest BCUT2D eigenvalue weighted by molar-refractivity contribution is -0.139. The fourth-order valence-electron chi connectivity index (χ4n) is 4.06. The minimum Gasteiger partial charge on any atom is -0.338 e. The van der Waals surface area contributed by atoms with Gasteiger partial charge in [-0.1, -0.05) is 13.0 Å². The van der Waals surface area contributed by atoms with Gasteiger partial charge in [-0.15, -0.1) is 10.2 Å². The molecule has 26 heavy (non-hydrogen) atoms. The molecule has 3 saturated heterocycles. The summed E-state index contributed by atoms with van der Waals surface area (Å²) < 4.78 is 1.77. The smallest absolute Gasteiger partial charge is 0.254 e. The lowest BCUT2D eigenvalue weighted by Crippen LogP contribution is -2.48. The van der Waals surface area contributed by atoms with Gasteiger partial charge in [0.15, 0.2) is 0 Å². The highest BCUT2D eigenvalue weighted by atomic mass is 16.2. The molecule has 0 saturated carbocycles. The van der Waals surface area contributed by atoms with Crippen LogP contribution >= 0.6 is 0 Å². The van der Waals surface area contributed by atoms with E-state index < -0.39 is 0 Å². The summed E-state index contributed by atoms with van der Waals surface area (Å²) in [5.41, 5.74) is 1.48. The van der Waals surface area contributed by atoms with Crippen LogP contribution in [0.25, 0.3) is 5.69 Å². The lowest BCUT2D eigenvalue weighted by Gasteiger charge is -2.35. The van der Waals surface area contributed by atoms with Crippen LogP contribution in [0.15, 0.2) is 36.9 Å². The molecule has 0 radical (unpaired) electrons. The van der Waals surface area contributed by atoms with Gasteiger partial charge in [0, 0.05) is 36.9 Å². The van der Waals surface area contributed by atoms with Gasteiger partial charge in [0.25, 0.3) is 5.91 Å². The summed E-state index contributed by atoms with van der Waals surface area (Å²) >= 11 is 0. The molecule has 2 aromatic rings. The molecule has 0 N–H and O–H groups in total. The SMILES string of the molecule is CCCN1C(=O)[C@H]2CC[C@@H]1CN(C(=O)c1cccc(-n3cnnc3)c1)C2. The molecule has 7 heteroatoms. The van der Waals surface area contributed by atoms with Gasteiger partial charge < -0.3 is 9.80 Å². The highest BCUT2D eigenvalue weighted by Crippen LogP contribution is 2.30. The monoisotopic (exact) mass is 353 g/mol. The standard InChI is InChI=1S/C19H23N5O2/c1-2-8-24-17-7-6-15(19(24)26)10-22(11-17)18(25)14-4-3-5-16(9-14)23-12-20-21-13-23/h3-5,9,12-13,15,17H,2,6-8,10-11H2,1H3/t15-,17+/m0/s1. The second-order valence-corrected chi connectivity index (χ2v) is 7.09. The van der Waals surface area contributed by atoms with Gasteiger partial charge in [-0.2, -0.15) is 0 Å². The summed E-state index contributed by atoms with van der Waals surface area (Å²) in [7, 11) is 0. The number of aromatic nitrogens is 3. The molecular weight excluding hydrogens is 330 g/mol. The Morgan fingerprint density at radius 1 is 1.19 bits per heavy atom. The van der Waals surface area contributed by atoms with E-state index >= 15 is 0 Å². The third-order valence-corrected chi connectivity index (χ3v) is 5.36. The van der Waals surface area contributed by atoms with Crippen LogP contribution in [-0.4, -0.2) is 62.1 Å². The average Bonchev–Trinajstić information content (AvgIpc) is 3.07. The number of hydrogen-bond donors (Lipinski definition) is 0. The zero-order valence-electron chi connectivity index (χ0n) is 14.9. The predicted octanol–water partition coefficient (Wildman–Crippen LogP) is 1.74. The number of carbonyl (C=O) groups excluding carboxylic acids is 2. The zero-order chi connectivity index (χ0) is 18.1. The Balaban J connectivity index is 1.57. The number of nitrogens with zero attached hydrogens (tertiary/aromatic N) is 5. The summed E-state index contributed by atoms with van der Waals surface area (Å²) in [6.07, 6.45) is 6.03. The highest BCUT2D eigenvalue weighted by molar-refractivity contribution is 5.95. The van der Waals surface area contributed by atoms with Crippen molar-refractivity contribution in [1.29, 1.82) is 0 Å². The quantitative estimate of drug-likeness (QED) is 0.839. The van der Waals surface area contributed by atoms with Crippen molar-refractivity contribution >= 4 is 11.8 Å². The number of rotatable bonds is 4. The largest absolute Gasteiger partial charge is 0.338 e. The average molecular weight is 353 g/mol. The molecule has 1 aromatic heterocycles. The van der Waals surface area contributed by atoms with Crippen LogP contribution in [0.4, 0.5) is 0 Å². The molecule has 3 fully saturated rings.